The van der Waals surface area contributed by atoms with Gasteiger partial charge >= 0.3 is 0 Å². The molecule has 1 saturated heterocycles. The van der Waals surface area contributed by atoms with Crippen molar-refractivity contribution >= 4 is 0 Å². The van der Waals surface area contributed by atoms with E-state index in [-0.39, 0.29) is 6.04 Å². The molecule has 1 aromatic rings. The summed E-state index contributed by atoms with van der Waals surface area (Å²) in [4.78, 5) is 2.78. The van der Waals surface area contributed by atoms with Crippen LogP contribution in [0.15, 0.2) is 30.3 Å². The van der Waals surface area contributed by atoms with Crippen LogP contribution in [0.3, 0.4) is 0 Å². The minimum absolute atomic E-state index is 0.207. The van der Waals surface area contributed by atoms with Gasteiger partial charge in [0.05, 0.1) is 0 Å². The van der Waals surface area contributed by atoms with Crippen molar-refractivity contribution in [2.75, 3.05) is 13.1 Å². The number of hydrogen-bond donors (Lipinski definition) is 1. The molecule has 0 bridgehead atoms. The van der Waals surface area contributed by atoms with Crippen LogP contribution in [0.25, 0.3) is 0 Å². The van der Waals surface area contributed by atoms with Crippen molar-refractivity contribution in [3.05, 3.63) is 35.9 Å². The van der Waals surface area contributed by atoms with Crippen LogP contribution in [-0.4, -0.2) is 24.0 Å². The maximum atomic E-state index is 6.32. The average Bonchev–Trinajstić information content (AvgIpc) is 2.56. The van der Waals surface area contributed by atoms with Crippen LogP contribution in [0.2, 0.25) is 0 Å². The van der Waals surface area contributed by atoms with Crippen LogP contribution >= 0.6 is 0 Å². The molecule has 1 unspecified atom stereocenters. The molecule has 3 rings (SSSR count). The molecule has 2 fully saturated rings. The van der Waals surface area contributed by atoms with Crippen molar-refractivity contribution in [2.45, 2.75) is 63.5 Å². The van der Waals surface area contributed by atoms with Gasteiger partial charge in [0.1, 0.15) is 0 Å². The zero-order valence-electron chi connectivity index (χ0n) is 13.2. The Bertz CT molecular complexity index is 415. The van der Waals surface area contributed by atoms with Gasteiger partial charge in [0.15, 0.2) is 0 Å². The third-order valence-corrected chi connectivity index (χ3v) is 5.55. The van der Waals surface area contributed by atoms with Gasteiger partial charge in [-0.2, -0.15) is 0 Å². The summed E-state index contributed by atoms with van der Waals surface area (Å²) in [7, 11) is 0. The fraction of sp³-hybridized carbons (Fsp3) is 0.684. The Morgan fingerprint density at radius 1 is 1.05 bits per heavy atom. The van der Waals surface area contributed by atoms with Crippen LogP contribution in [0, 0.1) is 5.92 Å². The van der Waals surface area contributed by atoms with Crippen LogP contribution in [-0.2, 0) is 0 Å². The lowest BCUT2D eigenvalue weighted by atomic mass is 9.78. The van der Waals surface area contributed by atoms with Crippen LogP contribution < -0.4 is 5.73 Å². The highest BCUT2D eigenvalue weighted by Gasteiger charge is 2.32. The predicted molar refractivity (Wildman–Crippen MR) is 89.2 cm³/mol. The molecule has 3 atom stereocenters. The Hall–Kier alpha value is -0.860. The molecule has 0 aromatic heterocycles. The monoisotopic (exact) mass is 286 g/mol. The van der Waals surface area contributed by atoms with Crippen molar-refractivity contribution in [3.63, 3.8) is 0 Å². The van der Waals surface area contributed by atoms with Crippen LogP contribution in [0.5, 0.6) is 0 Å². The molecule has 21 heavy (non-hydrogen) atoms. The van der Waals surface area contributed by atoms with Crippen molar-refractivity contribution < 1.29 is 0 Å². The quantitative estimate of drug-likeness (QED) is 0.882. The number of likely N-dealkylation sites (tertiary alicyclic amines) is 1. The number of rotatable bonds is 5. The van der Waals surface area contributed by atoms with Gasteiger partial charge in [-0.25, -0.2) is 0 Å². The molecule has 2 nitrogen and oxygen atoms in total. The highest BCUT2D eigenvalue weighted by molar-refractivity contribution is 5.18. The Kier molecular flexibility index (Phi) is 5.32. The zero-order valence-corrected chi connectivity index (χ0v) is 13.2. The molecular formula is C19H30N2. The van der Waals surface area contributed by atoms with E-state index in [9.17, 15) is 0 Å². The number of nitrogens with zero attached hydrogens (tertiary/aromatic N) is 1. The summed E-state index contributed by atoms with van der Waals surface area (Å²) in [5.41, 5.74) is 7.61. The first-order valence-electron chi connectivity index (χ1n) is 8.89. The summed E-state index contributed by atoms with van der Waals surface area (Å²) in [6.45, 7) is 2.57. The molecule has 2 aliphatic rings. The lowest BCUT2D eigenvalue weighted by Gasteiger charge is -2.44. The second kappa shape index (κ2) is 7.42. The predicted octanol–water partition coefficient (Wildman–Crippen LogP) is 4.12. The van der Waals surface area contributed by atoms with Gasteiger partial charge in [0.2, 0.25) is 0 Å². The SMILES string of the molecule is NC(CCCN1CCC[C@H]2CCCC[C@H]21)c1ccccc1. The Morgan fingerprint density at radius 3 is 2.67 bits per heavy atom. The highest BCUT2D eigenvalue weighted by Crippen LogP contribution is 2.35. The first-order valence-corrected chi connectivity index (χ1v) is 8.89. The van der Waals surface area contributed by atoms with Gasteiger partial charge < -0.3 is 10.6 Å². The maximum absolute atomic E-state index is 6.32. The van der Waals surface area contributed by atoms with Gasteiger partial charge in [-0.1, -0.05) is 43.2 Å². The van der Waals surface area contributed by atoms with Crippen LogP contribution in [0.1, 0.15) is 63.0 Å². The second-order valence-electron chi connectivity index (χ2n) is 6.95. The zero-order chi connectivity index (χ0) is 14.5. The smallest absolute Gasteiger partial charge is 0.0295 e. The van der Waals surface area contributed by atoms with E-state index in [2.05, 4.69) is 35.2 Å². The van der Waals surface area contributed by atoms with Crippen molar-refractivity contribution in [3.8, 4) is 0 Å². The lowest BCUT2D eigenvalue weighted by Crippen LogP contribution is -2.47. The number of hydrogen-bond acceptors (Lipinski definition) is 2. The summed E-state index contributed by atoms with van der Waals surface area (Å²) in [6.07, 6.45) is 11.1. The van der Waals surface area contributed by atoms with E-state index in [0.29, 0.717) is 0 Å². The van der Waals surface area contributed by atoms with Crippen molar-refractivity contribution in [2.24, 2.45) is 11.7 Å². The Balaban J connectivity index is 1.46. The second-order valence-corrected chi connectivity index (χ2v) is 6.95. The maximum Gasteiger partial charge on any atom is 0.0295 e. The normalized spacial score (nSPS) is 28.0. The third-order valence-electron chi connectivity index (χ3n) is 5.55. The average molecular weight is 286 g/mol. The number of nitrogens with two attached hydrogens (primary N) is 1. The van der Waals surface area contributed by atoms with E-state index >= 15 is 0 Å². The van der Waals surface area contributed by atoms with Crippen molar-refractivity contribution in [1.82, 2.24) is 4.90 Å². The Labute approximate surface area is 129 Å². The number of fused-ring (bicyclic) bond motifs is 1. The van der Waals surface area contributed by atoms with Gasteiger partial charge in [0.25, 0.3) is 0 Å². The lowest BCUT2D eigenvalue weighted by molar-refractivity contribution is 0.0593. The molecule has 116 valence electrons. The summed E-state index contributed by atoms with van der Waals surface area (Å²) >= 11 is 0. The summed E-state index contributed by atoms with van der Waals surface area (Å²) in [5, 5.41) is 0. The molecule has 1 aromatic carbocycles. The van der Waals surface area contributed by atoms with E-state index in [0.717, 1.165) is 18.4 Å². The van der Waals surface area contributed by atoms with E-state index < -0.39 is 0 Å². The third kappa shape index (κ3) is 3.87. The molecule has 2 N–H and O–H groups in total. The molecule has 1 heterocycles. The number of piperidine rings is 1. The summed E-state index contributed by atoms with van der Waals surface area (Å²) in [5.74, 6) is 0.996. The number of benzene rings is 1. The van der Waals surface area contributed by atoms with E-state index in [1.54, 1.807) is 0 Å². The van der Waals surface area contributed by atoms with E-state index in [1.165, 1.54) is 63.6 Å². The molecule has 1 aliphatic carbocycles. The van der Waals surface area contributed by atoms with E-state index in [1.807, 2.05) is 0 Å². The Morgan fingerprint density at radius 2 is 1.81 bits per heavy atom. The molecule has 2 heteroatoms. The molecule has 1 aliphatic heterocycles. The van der Waals surface area contributed by atoms with Gasteiger partial charge in [-0.15, -0.1) is 0 Å². The van der Waals surface area contributed by atoms with E-state index in [4.69, 9.17) is 5.73 Å². The van der Waals surface area contributed by atoms with Gasteiger partial charge in [0, 0.05) is 12.1 Å². The molecule has 1 saturated carbocycles. The molecular weight excluding hydrogens is 256 g/mol. The molecule has 0 amide bonds. The molecule has 0 radical (unpaired) electrons. The van der Waals surface area contributed by atoms with Crippen molar-refractivity contribution in [1.29, 1.82) is 0 Å². The standard InChI is InChI=1S/C19H30N2/c20-18(16-8-2-1-3-9-16)12-7-15-21-14-6-11-17-10-4-5-13-19(17)21/h1-3,8-9,17-19H,4-7,10-15,20H2/t17-,18?,19-/m1/s1. The fourth-order valence-electron chi connectivity index (χ4n) is 4.39. The minimum atomic E-state index is 0.207. The minimum Gasteiger partial charge on any atom is -0.324 e. The summed E-state index contributed by atoms with van der Waals surface area (Å²) < 4.78 is 0. The molecule has 0 spiro atoms. The highest BCUT2D eigenvalue weighted by atomic mass is 15.2. The van der Waals surface area contributed by atoms with Crippen LogP contribution in [0.4, 0.5) is 0 Å². The summed E-state index contributed by atoms with van der Waals surface area (Å²) in [6, 6.07) is 11.6. The van der Waals surface area contributed by atoms with Gasteiger partial charge in [-0.05, 0) is 63.1 Å². The largest absolute Gasteiger partial charge is 0.324 e. The fourth-order valence-corrected chi connectivity index (χ4v) is 4.39. The first kappa shape index (κ1) is 15.1. The topological polar surface area (TPSA) is 29.3 Å². The first-order chi connectivity index (χ1) is 10.3. The van der Waals surface area contributed by atoms with Gasteiger partial charge in [-0.3, -0.25) is 0 Å².